The van der Waals surface area contributed by atoms with E-state index in [4.69, 9.17) is 5.73 Å². The number of halogens is 1. The van der Waals surface area contributed by atoms with Crippen LogP contribution < -0.4 is 5.73 Å². The molecule has 1 amide bonds. The number of aldehydes is 1. The van der Waals surface area contributed by atoms with Gasteiger partial charge in [-0.1, -0.05) is 6.07 Å². The summed E-state index contributed by atoms with van der Waals surface area (Å²) in [6.45, 7) is 0. The maximum absolute atomic E-state index is 13.3. The van der Waals surface area contributed by atoms with Crippen LogP contribution in [0.1, 0.15) is 20.7 Å². The highest BCUT2D eigenvalue weighted by molar-refractivity contribution is 5.92. The van der Waals surface area contributed by atoms with Crippen molar-refractivity contribution in [2.75, 3.05) is 0 Å². The van der Waals surface area contributed by atoms with Gasteiger partial charge in [0.2, 0.25) is 0 Å². The molecular weight excluding hydrogens is 225 g/mol. The molecule has 0 saturated carbocycles. The number of benzene rings is 1. The molecule has 0 bridgehead atoms. The largest absolute Gasteiger partial charge is 0.366 e. The minimum atomic E-state index is -0.645. The summed E-state index contributed by atoms with van der Waals surface area (Å²) in [6, 6.07) is 4.14. The first kappa shape index (κ1) is 11.0. The summed E-state index contributed by atoms with van der Waals surface area (Å²) >= 11 is 0. The van der Waals surface area contributed by atoms with Crippen molar-refractivity contribution in [3.63, 3.8) is 0 Å². The number of hydrogen-bond donors (Lipinski definition) is 1. The van der Waals surface area contributed by atoms with E-state index in [-0.39, 0.29) is 16.8 Å². The Morgan fingerprint density at radius 3 is 2.82 bits per heavy atom. The van der Waals surface area contributed by atoms with Crippen molar-refractivity contribution in [3.8, 4) is 5.69 Å². The van der Waals surface area contributed by atoms with Crippen molar-refractivity contribution in [2.24, 2.45) is 5.73 Å². The molecule has 2 N–H and O–H groups in total. The Kier molecular flexibility index (Phi) is 2.70. The maximum atomic E-state index is 13.3. The maximum Gasteiger partial charge on any atom is 0.251 e. The third kappa shape index (κ3) is 1.92. The number of nitrogens with two attached hydrogens (primary N) is 1. The molecule has 17 heavy (non-hydrogen) atoms. The average Bonchev–Trinajstić information content (AvgIpc) is 2.77. The molecule has 0 spiro atoms. The van der Waals surface area contributed by atoms with Gasteiger partial charge in [0.1, 0.15) is 5.82 Å². The molecule has 0 fully saturated rings. The summed E-state index contributed by atoms with van der Waals surface area (Å²) in [4.78, 5) is 21.7. The van der Waals surface area contributed by atoms with Crippen LogP contribution >= 0.6 is 0 Å². The topological polar surface area (TPSA) is 78.0 Å². The van der Waals surface area contributed by atoms with Gasteiger partial charge in [-0.15, -0.1) is 0 Å². The lowest BCUT2D eigenvalue weighted by molar-refractivity contribution is 0.1000. The van der Waals surface area contributed by atoms with Crippen LogP contribution in [0.25, 0.3) is 5.69 Å². The Bertz CT molecular complexity index is 592. The molecule has 0 unspecified atom stereocenters. The lowest BCUT2D eigenvalue weighted by atomic mass is 10.2. The minimum absolute atomic E-state index is 0.119. The fraction of sp³-hybridized carbons (Fsp3) is 0. The first-order valence-corrected chi connectivity index (χ1v) is 4.72. The molecule has 0 aliphatic rings. The van der Waals surface area contributed by atoms with Gasteiger partial charge in [-0.2, -0.15) is 5.10 Å². The molecule has 1 aromatic heterocycles. The zero-order valence-corrected chi connectivity index (χ0v) is 8.63. The van der Waals surface area contributed by atoms with E-state index >= 15 is 0 Å². The third-order valence-electron chi connectivity index (χ3n) is 2.26. The van der Waals surface area contributed by atoms with Gasteiger partial charge in [0, 0.05) is 6.20 Å². The number of amides is 1. The summed E-state index contributed by atoms with van der Waals surface area (Å²) in [6.07, 6.45) is 2.99. The number of rotatable bonds is 3. The van der Waals surface area contributed by atoms with Crippen molar-refractivity contribution in [1.29, 1.82) is 0 Å². The van der Waals surface area contributed by atoms with Gasteiger partial charge < -0.3 is 5.73 Å². The molecule has 0 saturated heterocycles. The predicted octanol–water partition coefficient (Wildman–Crippen LogP) is 0.923. The summed E-state index contributed by atoms with van der Waals surface area (Å²) in [5, 5.41) is 3.85. The average molecular weight is 233 g/mol. The number of primary amides is 1. The van der Waals surface area contributed by atoms with E-state index in [9.17, 15) is 14.0 Å². The Morgan fingerprint density at radius 1 is 1.47 bits per heavy atom. The van der Waals surface area contributed by atoms with Gasteiger partial charge in [0.25, 0.3) is 5.91 Å². The first-order valence-electron chi connectivity index (χ1n) is 4.72. The van der Waals surface area contributed by atoms with Crippen LogP contribution in [0, 0.1) is 5.82 Å². The number of carbonyl (C=O) groups excluding carboxylic acids is 2. The van der Waals surface area contributed by atoms with Gasteiger partial charge in [0.05, 0.1) is 23.0 Å². The second kappa shape index (κ2) is 4.17. The number of hydrogen-bond acceptors (Lipinski definition) is 3. The molecule has 1 heterocycles. The SMILES string of the molecule is NC(=O)c1cnn(-c2cccc(F)c2C=O)c1. The monoisotopic (exact) mass is 233 g/mol. The third-order valence-corrected chi connectivity index (χ3v) is 2.26. The molecule has 2 rings (SSSR count). The van der Waals surface area contributed by atoms with Crippen LogP contribution in [0.4, 0.5) is 4.39 Å². The van der Waals surface area contributed by atoms with Gasteiger partial charge in [-0.3, -0.25) is 9.59 Å². The van der Waals surface area contributed by atoms with Crippen molar-refractivity contribution in [1.82, 2.24) is 9.78 Å². The first-order chi connectivity index (χ1) is 8.13. The fourth-order valence-corrected chi connectivity index (χ4v) is 1.42. The minimum Gasteiger partial charge on any atom is -0.366 e. The zero-order valence-electron chi connectivity index (χ0n) is 8.63. The number of nitrogens with zero attached hydrogens (tertiary/aromatic N) is 2. The van der Waals surface area contributed by atoms with Crippen molar-refractivity contribution < 1.29 is 14.0 Å². The highest BCUT2D eigenvalue weighted by Gasteiger charge is 2.11. The van der Waals surface area contributed by atoms with Crippen LogP contribution in [0.15, 0.2) is 30.6 Å². The lowest BCUT2D eigenvalue weighted by Gasteiger charge is -2.04. The van der Waals surface area contributed by atoms with Crippen molar-refractivity contribution in [3.05, 3.63) is 47.5 Å². The van der Waals surface area contributed by atoms with Gasteiger partial charge in [0.15, 0.2) is 6.29 Å². The number of carbonyl (C=O) groups is 2. The summed E-state index contributed by atoms with van der Waals surface area (Å²) in [5.41, 5.74) is 5.39. The molecule has 0 aliphatic heterocycles. The van der Waals surface area contributed by atoms with E-state index in [0.29, 0.717) is 6.29 Å². The van der Waals surface area contributed by atoms with Crippen molar-refractivity contribution >= 4 is 12.2 Å². The highest BCUT2D eigenvalue weighted by atomic mass is 19.1. The standard InChI is InChI=1S/C11H8FN3O2/c12-9-2-1-3-10(8(9)6-16)15-5-7(4-14-15)11(13)17/h1-6H,(H2,13,17). The Hall–Kier alpha value is -2.50. The molecule has 0 radical (unpaired) electrons. The summed E-state index contributed by atoms with van der Waals surface area (Å²) in [5.74, 6) is -1.28. The summed E-state index contributed by atoms with van der Waals surface area (Å²) < 4.78 is 14.6. The summed E-state index contributed by atoms with van der Waals surface area (Å²) in [7, 11) is 0. The van der Waals surface area contributed by atoms with Gasteiger partial charge >= 0.3 is 0 Å². The Balaban J connectivity index is 2.56. The van der Waals surface area contributed by atoms with Crippen LogP contribution in [-0.2, 0) is 0 Å². The molecule has 2 aromatic rings. The molecule has 5 nitrogen and oxygen atoms in total. The molecule has 0 aliphatic carbocycles. The highest BCUT2D eigenvalue weighted by Crippen LogP contribution is 2.15. The predicted molar refractivity (Wildman–Crippen MR) is 57.4 cm³/mol. The molecular formula is C11H8FN3O2. The van der Waals surface area contributed by atoms with Gasteiger partial charge in [-0.25, -0.2) is 9.07 Å². The van der Waals surface area contributed by atoms with E-state index in [1.807, 2.05) is 0 Å². The second-order valence-corrected chi connectivity index (χ2v) is 3.33. The Morgan fingerprint density at radius 2 is 2.24 bits per heavy atom. The van der Waals surface area contributed by atoms with Crippen LogP contribution in [0.5, 0.6) is 0 Å². The smallest absolute Gasteiger partial charge is 0.251 e. The molecule has 0 atom stereocenters. The zero-order chi connectivity index (χ0) is 12.4. The molecule has 86 valence electrons. The lowest BCUT2D eigenvalue weighted by Crippen LogP contribution is -2.09. The van der Waals surface area contributed by atoms with Crippen LogP contribution in [0.2, 0.25) is 0 Å². The van der Waals surface area contributed by atoms with Crippen LogP contribution in [0.3, 0.4) is 0 Å². The van der Waals surface area contributed by atoms with Gasteiger partial charge in [-0.05, 0) is 12.1 Å². The van der Waals surface area contributed by atoms with E-state index < -0.39 is 11.7 Å². The van der Waals surface area contributed by atoms with Crippen molar-refractivity contribution in [2.45, 2.75) is 0 Å². The fourth-order valence-electron chi connectivity index (χ4n) is 1.42. The van der Waals surface area contributed by atoms with E-state index in [1.54, 1.807) is 0 Å². The van der Waals surface area contributed by atoms with E-state index in [2.05, 4.69) is 5.10 Å². The number of aromatic nitrogens is 2. The molecule has 1 aromatic carbocycles. The Labute approximate surface area is 95.7 Å². The van der Waals surface area contributed by atoms with E-state index in [1.165, 1.54) is 35.3 Å². The molecule has 6 heteroatoms. The normalized spacial score (nSPS) is 10.2. The van der Waals surface area contributed by atoms with E-state index in [0.717, 1.165) is 0 Å². The van der Waals surface area contributed by atoms with Crippen LogP contribution in [-0.4, -0.2) is 22.0 Å². The second-order valence-electron chi connectivity index (χ2n) is 3.33. The quantitative estimate of drug-likeness (QED) is 0.801.